The molecule has 1 N–H and O–H groups in total. The fraction of sp³-hybridized carbons (Fsp3) is 0.0968. The molecule has 224 valence electrons. The smallest absolute Gasteiger partial charge is 0.416 e. The number of hydrogen-bond acceptors (Lipinski definition) is 6. The number of anilines is 1. The van der Waals surface area contributed by atoms with Crippen LogP contribution in [0.2, 0.25) is 5.02 Å². The van der Waals surface area contributed by atoms with E-state index in [1.807, 2.05) is 0 Å². The lowest BCUT2D eigenvalue weighted by Gasteiger charge is -2.14. The number of hydrogen-bond donors (Lipinski definition) is 1. The minimum Gasteiger partial charge on any atom is -0.493 e. The fourth-order valence-electron chi connectivity index (χ4n) is 4.22. The van der Waals surface area contributed by atoms with Gasteiger partial charge in [0, 0.05) is 5.56 Å². The highest BCUT2D eigenvalue weighted by Crippen LogP contribution is 2.36. The summed E-state index contributed by atoms with van der Waals surface area (Å²) >= 11 is 6.41. The summed E-state index contributed by atoms with van der Waals surface area (Å²) in [6.07, 6.45) is -3.37. The van der Waals surface area contributed by atoms with Crippen molar-refractivity contribution in [3.63, 3.8) is 0 Å². The molecular formula is C31H21ClF4N4O4. The van der Waals surface area contributed by atoms with E-state index in [4.69, 9.17) is 21.1 Å². The fourth-order valence-corrected chi connectivity index (χ4v) is 4.49. The highest BCUT2D eigenvalue weighted by molar-refractivity contribution is 6.32. The van der Waals surface area contributed by atoms with Crippen molar-refractivity contribution in [1.82, 2.24) is 9.66 Å². The van der Waals surface area contributed by atoms with Gasteiger partial charge in [-0.05, 0) is 54.1 Å². The van der Waals surface area contributed by atoms with Gasteiger partial charge in [0.1, 0.15) is 5.82 Å². The molecule has 0 atom stereocenters. The van der Waals surface area contributed by atoms with Crippen LogP contribution in [0.5, 0.6) is 11.5 Å². The molecule has 13 heteroatoms. The molecule has 5 aromatic rings. The Hall–Kier alpha value is -5.23. The quantitative estimate of drug-likeness (QED) is 0.152. The summed E-state index contributed by atoms with van der Waals surface area (Å²) < 4.78 is 66.0. The molecule has 44 heavy (non-hydrogen) atoms. The number of halogens is 5. The number of fused-ring (bicyclic) bond motifs is 1. The Balaban J connectivity index is 1.47. The molecule has 5 rings (SSSR count). The van der Waals surface area contributed by atoms with Gasteiger partial charge in [-0.2, -0.15) is 22.9 Å². The zero-order valence-electron chi connectivity index (χ0n) is 22.7. The van der Waals surface area contributed by atoms with Crippen LogP contribution in [0.15, 0.2) is 94.8 Å². The number of nitrogens with zero attached hydrogens (tertiary/aromatic N) is 3. The lowest BCUT2D eigenvalue weighted by atomic mass is 10.1. The van der Waals surface area contributed by atoms with E-state index in [1.165, 1.54) is 61.9 Å². The molecule has 0 aliphatic rings. The summed E-state index contributed by atoms with van der Waals surface area (Å²) in [6.45, 7) is -0.518. The zero-order valence-corrected chi connectivity index (χ0v) is 23.5. The maximum Gasteiger partial charge on any atom is 0.416 e. The first-order chi connectivity index (χ1) is 21.0. The summed E-state index contributed by atoms with van der Waals surface area (Å²) in [5.41, 5.74) is -0.922. The zero-order chi connectivity index (χ0) is 31.4. The average Bonchev–Trinajstić information content (AvgIpc) is 3.00. The standard InChI is InChI=1S/C31H21ClF4N4O4/c1-43-26-14-18(13-22(32)28(26)44-17-27(41)38-25-12-5-3-10-23(25)33)16-37-40-29(19-7-6-8-20(15-19)31(34,35)36)39-24-11-4-2-9-21(24)30(40)42/h2-16H,17H2,1H3,(H,38,41). The van der Waals surface area contributed by atoms with Crippen LogP contribution in [0, 0.1) is 5.82 Å². The van der Waals surface area contributed by atoms with Gasteiger partial charge in [0.15, 0.2) is 23.9 Å². The number of carbonyl (C=O) groups is 1. The predicted molar refractivity (Wildman–Crippen MR) is 158 cm³/mol. The maximum atomic E-state index is 13.8. The first-order valence-electron chi connectivity index (χ1n) is 12.8. The number of para-hydroxylation sites is 2. The van der Waals surface area contributed by atoms with Crippen LogP contribution >= 0.6 is 11.6 Å². The Morgan fingerprint density at radius 2 is 1.80 bits per heavy atom. The highest BCUT2D eigenvalue weighted by atomic mass is 35.5. The first-order valence-corrected chi connectivity index (χ1v) is 13.2. The van der Waals surface area contributed by atoms with E-state index >= 15 is 0 Å². The van der Waals surface area contributed by atoms with Crippen molar-refractivity contribution >= 4 is 40.3 Å². The van der Waals surface area contributed by atoms with E-state index in [9.17, 15) is 27.2 Å². The van der Waals surface area contributed by atoms with Crippen molar-refractivity contribution in [2.24, 2.45) is 5.10 Å². The largest absolute Gasteiger partial charge is 0.493 e. The van der Waals surface area contributed by atoms with Crippen LogP contribution in [-0.2, 0) is 11.0 Å². The third-order valence-electron chi connectivity index (χ3n) is 6.27. The number of benzene rings is 4. The molecule has 0 radical (unpaired) electrons. The van der Waals surface area contributed by atoms with Crippen molar-refractivity contribution in [3.8, 4) is 22.9 Å². The number of alkyl halides is 3. The van der Waals surface area contributed by atoms with Crippen LogP contribution in [0.3, 0.4) is 0 Å². The molecule has 4 aromatic carbocycles. The van der Waals surface area contributed by atoms with Gasteiger partial charge in [0.2, 0.25) is 0 Å². The van der Waals surface area contributed by atoms with E-state index in [0.29, 0.717) is 5.56 Å². The molecule has 0 spiro atoms. The van der Waals surface area contributed by atoms with Gasteiger partial charge in [-0.15, -0.1) is 0 Å². The molecule has 1 heterocycles. The van der Waals surface area contributed by atoms with Crippen molar-refractivity contribution in [2.45, 2.75) is 6.18 Å². The van der Waals surface area contributed by atoms with Crippen molar-refractivity contribution in [2.75, 3.05) is 19.0 Å². The van der Waals surface area contributed by atoms with E-state index in [1.54, 1.807) is 24.3 Å². The monoisotopic (exact) mass is 624 g/mol. The number of amides is 1. The Labute approximate surface area is 252 Å². The van der Waals surface area contributed by atoms with Crippen LogP contribution in [0.25, 0.3) is 22.3 Å². The Kier molecular flexibility index (Phi) is 8.63. The number of methoxy groups -OCH3 is 1. The highest BCUT2D eigenvalue weighted by Gasteiger charge is 2.31. The van der Waals surface area contributed by atoms with Gasteiger partial charge in [-0.25, -0.2) is 9.37 Å². The summed E-state index contributed by atoms with van der Waals surface area (Å²) in [4.78, 5) is 30.2. The molecule has 0 aliphatic heterocycles. The molecule has 1 amide bonds. The van der Waals surface area contributed by atoms with Crippen molar-refractivity contribution in [1.29, 1.82) is 0 Å². The summed E-state index contributed by atoms with van der Waals surface area (Å²) in [7, 11) is 1.34. The summed E-state index contributed by atoms with van der Waals surface area (Å²) in [5, 5.41) is 6.86. The van der Waals surface area contributed by atoms with Gasteiger partial charge >= 0.3 is 6.18 Å². The minimum absolute atomic E-state index is 0.0178. The maximum absolute atomic E-state index is 13.8. The van der Waals surface area contributed by atoms with E-state index in [-0.39, 0.29) is 44.5 Å². The van der Waals surface area contributed by atoms with Crippen molar-refractivity contribution < 1.29 is 31.8 Å². The molecule has 0 fully saturated rings. The Morgan fingerprint density at radius 3 is 2.55 bits per heavy atom. The molecule has 0 saturated heterocycles. The molecule has 0 aliphatic carbocycles. The lowest BCUT2D eigenvalue weighted by molar-refractivity contribution is -0.137. The average molecular weight is 625 g/mol. The Morgan fingerprint density at radius 1 is 1.05 bits per heavy atom. The molecule has 0 saturated carbocycles. The number of rotatable bonds is 8. The van der Waals surface area contributed by atoms with Gasteiger partial charge in [0.25, 0.3) is 11.5 Å². The number of ether oxygens (including phenoxy) is 2. The predicted octanol–water partition coefficient (Wildman–Crippen LogP) is 6.78. The summed E-state index contributed by atoms with van der Waals surface area (Å²) in [6, 6.07) is 19.3. The second kappa shape index (κ2) is 12.6. The van der Waals surface area contributed by atoms with Crippen LogP contribution < -0.4 is 20.3 Å². The third kappa shape index (κ3) is 6.55. The van der Waals surface area contributed by atoms with Gasteiger partial charge in [-0.3, -0.25) is 9.59 Å². The normalized spacial score (nSPS) is 11.6. The minimum atomic E-state index is -4.61. The molecule has 0 bridgehead atoms. The van der Waals surface area contributed by atoms with Crippen molar-refractivity contribution in [3.05, 3.63) is 117 Å². The molecule has 0 unspecified atom stereocenters. The number of nitrogens with one attached hydrogen (secondary N) is 1. The van der Waals surface area contributed by atoms with Gasteiger partial charge in [0.05, 0.1) is 40.5 Å². The van der Waals surface area contributed by atoms with E-state index in [2.05, 4.69) is 15.4 Å². The van der Waals surface area contributed by atoms with Crippen LogP contribution in [0.1, 0.15) is 11.1 Å². The second-order valence-electron chi connectivity index (χ2n) is 9.24. The SMILES string of the molecule is COc1cc(C=Nn2c(-c3cccc(C(F)(F)F)c3)nc3ccccc3c2=O)cc(Cl)c1OCC(=O)Nc1ccccc1F. The molecular weight excluding hydrogens is 604 g/mol. The third-order valence-corrected chi connectivity index (χ3v) is 6.55. The molecule has 1 aromatic heterocycles. The molecule has 8 nitrogen and oxygen atoms in total. The van der Waals surface area contributed by atoms with Gasteiger partial charge < -0.3 is 14.8 Å². The second-order valence-corrected chi connectivity index (χ2v) is 9.65. The number of aromatic nitrogens is 2. The van der Waals surface area contributed by atoms with E-state index in [0.717, 1.165) is 16.8 Å². The first kappa shape index (κ1) is 30.2. The summed E-state index contributed by atoms with van der Waals surface area (Å²) in [5.74, 6) is -1.25. The van der Waals surface area contributed by atoms with Gasteiger partial charge in [-0.1, -0.05) is 48.0 Å². The van der Waals surface area contributed by atoms with E-state index < -0.39 is 35.6 Å². The topological polar surface area (TPSA) is 94.8 Å². The number of carbonyl (C=O) groups excluding carboxylic acids is 1. The van der Waals surface area contributed by atoms with Crippen LogP contribution in [0.4, 0.5) is 23.2 Å². The van der Waals surface area contributed by atoms with Crippen LogP contribution in [-0.4, -0.2) is 35.5 Å². The Bertz CT molecular complexity index is 1960. The lowest BCUT2D eigenvalue weighted by Crippen LogP contribution is -2.21.